The number of anilines is 1. The monoisotopic (exact) mass is 475 g/mol. The van der Waals surface area contributed by atoms with Gasteiger partial charge in [-0.25, -0.2) is 4.98 Å². The number of Topliss-reactive ketones (excluding diaryl/α,β-unsaturated/α-hetero) is 1. The lowest BCUT2D eigenvalue weighted by Crippen LogP contribution is -2.30. The molecule has 0 bridgehead atoms. The first-order chi connectivity index (χ1) is 16.4. The summed E-state index contributed by atoms with van der Waals surface area (Å²) in [6.45, 7) is 0. The molecular formula is C25H18ClN3O5. The Kier molecular flexibility index (Phi) is 5.22. The Morgan fingerprint density at radius 2 is 1.82 bits per heavy atom. The van der Waals surface area contributed by atoms with Crippen LogP contribution in [-0.4, -0.2) is 39.0 Å². The van der Waals surface area contributed by atoms with Crippen LogP contribution in [0.1, 0.15) is 17.2 Å². The number of para-hydroxylation sites is 2. The number of phenols is 1. The van der Waals surface area contributed by atoms with Crippen LogP contribution in [0.4, 0.5) is 5.95 Å². The first-order valence-corrected chi connectivity index (χ1v) is 10.7. The van der Waals surface area contributed by atoms with E-state index in [0.29, 0.717) is 27.4 Å². The van der Waals surface area contributed by atoms with Gasteiger partial charge in [0.15, 0.2) is 0 Å². The molecule has 2 heterocycles. The van der Waals surface area contributed by atoms with Crippen LogP contribution < -0.4 is 9.64 Å². The molecule has 8 nitrogen and oxygen atoms in total. The Balaban J connectivity index is 1.73. The van der Waals surface area contributed by atoms with E-state index in [0.717, 1.165) is 0 Å². The number of aliphatic hydroxyl groups is 1. The van der Waals surface area contributed by atoms with Gasteiger partial charge in [-0.2, -0.15) is 0 Å². The van der Waals surface area contributed by atoms with Gasteiger partial charge in [-0.3, -0.25) is 14.5 Å². The maximum Gasteiger partial charge on any atom is 0.302 e. The molecule has 0 spiro atoms. The first kappa shape index (κ1) is 21.5. The number of benzene rings is 3. The number of halogens is 1. The number of imidazole rings is 1. The summed E-state index contributed by atoms with van der Waals surface area (Å²) in [5.41, 5.74) is 1.94. The van der Waals surface area contributed by atoms with Crippen LogP contribution in [-0.2, 0) is 9.59 Å². The molecule has 1 saturated heterocycles. The number of ether oxygens (including phenoxy) is 1. The summed E-state index contributed by atoms with van der Waals surface area (Å²) in [4.78, 5) is 35.2. The Bertz CT molecular complexity index is 1440. The second-order valence-electron chi connectivity index (χ2n) is 7.69. The number of fused-ring (bicyclic) bond motifs is 1. The SMILES string of the molecule is COc1cc(/C(O)=C2\C(=O)C(=O)N(c3nc4ccccc4[nH]3)C2c2ccc(O)cc2)ccc1Cl. The summed E-state index contributed by atoms with van der Waals surface area (Å²) in [6, 6.07) is 16.8. The van der Waals surface area contributed by atoms with E-state index in [4.69, 9.17) is 16.3 Å². The van der Waals surface area contributed by atoms with Gasteiger partial charge >= 0.3 is 5.91 Å². The summed E-state index contributed by atoms with van der Waals surface area (Å²) < 4.78 is 5.22. The summed E-state index contributed by atoms with van der Waals surface area (Å²) in [7, 11) is 1.43. The number of H-pyrrole nitrogens is 1. The number of hydrogen-bond donors (Lipinski definition) is 3. The van der Waals surface area contributed by atoms with Gasteiger partial charge < -0.3 is 19.9 Å². The van der Waals surface area contributed by atoms with Crippen molar-refractivity contribution in [3.05, 3.63) is 88.5 Å². The van der Waals surface area contributed by atoms with E-state index >= 15 is 0 Å². The smallest absolute Gasteiger partial charge is 0.302 e. The van der Waals surface area contributed by atoms with Crippen molar-refractivity contribution in [2.45, 2.75) is 6.04 Å². The number of aromatic amines is 1. The number of ketones is 1. The number of carbonyl (C=O) groups excluding carboxylic acids is 2. The van der Waals surface area contributed by atoms with Crippen LogP contribution >= 0.6 is 11.6 Å². The Labute approximate surface area is 198 Å². The van der Waals surface area contributed by atoms with Crippen LogP contribution in [0.3, 0.4) is 0 Å². The molecule has 3 aromatic carbocycles. The average Bonchev–Trinajstić information content (AvgIpc) is 3.38. The molecule has 170 valence electrons. The number of amides is 1. The standard InChI is InChI=1S/C25H18ClN3O5/c1-34-19-12-14(8-11-16(19)26)22(31)20-21(13-6-9-15(30)10-7-13)29(24(33)23(20)32)25-27-17-4-2-3-5-18(17)28-25/h2-12,21,30-31H,1H3,(H,27,28)/b22-20+. The molecule has 34 heavy (non-hydrogen) atoms. The molecule has 1 fully saturated rings. The van der Waals surface area contributed by atoms with Crippen molar-refractivity contribution in [3.8, 4) is 11.5 Å². The van der Waals surface area contributed by atoms with E-state index in [-0.39, 0.29) is 28.6 Å². The van der Waals surface area contributed by atoms with Crippen molar-refractivity contribution in [2.24, 2.45) is 0 Å². The zero-order valence-electron chi connectivity index (χ0n) is 17.8. The Morgan fingerprint density at radius 3 is 2.53 bits per heavy atom. The van der Waals surface area contributed by atoms with Crippen LogP contribution in [0.25, 0.3) is 16.8 Å². The Morgan fingerprint density at radius 1 is 1.09 bits per heavy atom. The van der Waals surface area contributed by atoms with Crippen molar-refractivity contribution in [1.82, 2.24) is 9.97 Å². The van der Waals surface area contributed by atoms with Crippen LogP contribution in [0.15, 0.2) is 72.3 Å². The van der Waals surface area contributed by atoms with Gasteiger partial charge in [0.25, 0.3) is 5.78 Å². The molecule has 1 atom stereocenters. The van der Waals surface area contributed by atoms with Crippen molar-refractivity contribution in [1.29, 1.82) is 0 Å². The molecule has 9 heteroatoms. The second kappa shape index (κ2) is 8.24. The predicted octanol–water partition coefficient (Wildman–Crippen LogP) is 4.56. The molecule has 1 aromatic heterocycles. The number of hydrogen-bond acceptors (Lipinski definition) is 6. The number of phenolic OH excluding ortho intramolecular Hbond substituents is 1. The summed E-state index contributed by atoms with van der Waals surface area (Å²) in [6.07, 6.45) is 0. The number of carbonyl (C=O) groups is 2. The predicted molar refractivity (Wildman–Crippen MR) is 127 cm³/mol. The third-order valence-corrected chi connectivity index (χ3v) is 6.00. The fourth-order valence-corrected chi connectivity index (χ4v) is 4.23. The molecule has 1 aliphatic rings. The van der Waals surface area contributed by atoms with Gasteiger partial charge in [0.05, 0.1) is 34.8 Å². The molecule has 1 amide bonds. The van der Waals surface area contributed by atoms with Gasteiger partial charge in [0.1, 0.15) is 17.3 Å². The molecule has 4 aromatic rings. The van der Waals surface area contributed by atoms with Crippen LogP contribution in [0, 0.1) is 0 Å². The normalized spacial score (nSPS) is 17.5. The first-order valence-electron chi connectivity index (χ1n) is 10.3. The molecule has 0 radical (unpaired) electrons. The van der Waals surface area contributed by atoms with Gasteiger partial charge in [-0.05, 0) is 48.0 Å². The van der Waals surface area contributed by atoms with E-state index in [1.165, 1.54) is 42.3 Å². The highest BCUT2D eigenvalue weighted by atomic mass is 35.5. The topological polar surface area (TPSA) is 116 Å². The highest BCUT2D eigenvalue weighted by Crippen LogP contribution is 2.42. The minimum Gasteiger partial charge on any atom is -0.508 e. The maximum absolute atomic E-state index is 13.2. The average molecular weight is 476 g/mol. The van der Waals surface area contributed by atoms with Crippen molar-refractivity contribution in [3.63, 3.8) is 0 Å². The molecule has 1 unspecified atom stereocenters. The zero-order chi connectivity index (χ0) is 24.0. The van der Waals surface area contributed by atoms with E-state index in [1.54, 1.807) is 24.3 Å². The number of aromatic nitrogens is 2. The summed E-state index contributed by atoms with van der Waals surface area (Å²) in [5, 5.41) is 21.3. The van der Waals surface area contributed by atoms with Gasteiger partial charge in [0, 0.05) is 5.56 Å². The number of aromatic hydroxyl groups is 1. The third-order valence-electron chi connectivity index (χ3n) is 5.68. The van der Waals surface area contributed by atoms with Gasteiger partial charge in [-0.15, -0.1) is 0 Å². The van der Waals surface area contributed by atoms with E-state index < -0.39 is 17.7 Å². The fraction of sp³-hybridized carbons (Fsp3) is 0.0800. The van der Waals surface area contributed by atoms with E-state index in [9.17, 15) is 19.8 Å². The molecule has 0 aliphatic carbocycles. The molecule has 3 N–H and O–H groups in total. The maximum atomic E-state index is 13.2. The van der Waals surface area contributed by atoms with Crippen molar-refractivity contribution in [2.75, 3.05) is 12.0 Å². The summed E-state index contributed by atoms with van der Waals surface area (Å²) >= 11 is 6.11. The second-order valence-corrected chi connectivity index (χ2v) is 8.09. The number of rotatable bonds is 4. The number of aliphatic hydroxyl groups excluding tert-OH is 1. The quantitative estimate of drug-likeness (QED) is 0.226. The number of methoxy groups -OCH3 is 1. The van der Waals surface area contributed by atoms with Crippen LogP contribution in [0.5, 0.6) is 11.5 Å². The lowest BCUT2D eigenvalue weighted by molar-refractivity contribution is -0.132. The fourth-order valence-electron chi connectivity index (χ4n) is 4.04. The Hall–Kier alpha value is -4.30. The minimum absolute atomic E-state index is 0.0203. The van der Waals surface area contributed by atoms with E-state index in [1.807, 2.05) is 12.1 Å². The number of nitrogens with zero attached hydrogens (tertiary/aromatic N) is 2. The molecule has 1 aliphatic heterocycles. The van der Waals surface area contributed by atoms with Gasteiger partial charge in [0.2, 0.25) is 5.95 Å². The van der Waals surface area contributed by atoms with Crippen molar-refractivity contribution >= 4 is 46.0 Å². The summed E-state index contributed by atoms with van der Waals surface area (Å²) in [5.74, 6) is -1.62. The van der Waals surface area contributed by atoms with Crippen molar-refractivity contribution < 1.29 is 24.5 Å². The highest BCUT2D eigenvalue weighted by molar-refractivity contribution is 6.51. The molecule has 5 rings (SSSR count). The third kappa shape index (κ3) is 3.45. The van der Waals surface area contributed by atoms with E-state index in [2.05, 4.69) is 9.97 Å². The highest BCUT2D eigenvalue weighted by Gasteiger charge is 2.48. The van der Waals surface area contributed by atoms with Gasteiger partial charge in [-0.1, -0.05) is 35.9 Å². The number of nitrogens with one attached hydrogen (secondary N) is 1. The molecular weight excluding hydrogens is 458 g/mol. The zero-order valence-corrected chi connectivity index (χ0v) is 18.6. The lowest BCUT2D eigenvalue weighted by Gasteiger charge is -2.23. The molecule has 0 saturated carbocycles. The largest absolute Gasteiger partial charge is 0.508 e. The minimum atomic E-state index is -0.997. The van der Waals surface area contributed by atoms with Crippen LogP contribution in [0.2, 0.25) is 5.02 Å². The lowest BCUT2D eigenvalue weighted by atomic mass is 9.95.